The average molecular weight is 294 g/mol. The highest BCUT2D eigenvalue weighted by Gasteiger charge is 2.22. The molecule has 0 bridgehead atoms. The number of aryl methyl sites for hydroxylation is 1. The number of aliphatic hydroxyl groups excluding tert-OH is 1. The minimum atomic E-state index is -0.140. The van der Waals surface area contributed by atoms with Gasteiger partial charge < -0.3 is 10.4 Å². The zero-order valence-corrected chi connectivity index (χ0v) is 13.1. The molecule has 21 heavy (non-hydrogen) atoms. The third-order valence-corrected chi connectivity index (χ3v) is 4.61. The molecule has 2 atom stereocenters. The van der Waals surface area contributed by atoms with Crippen molar-refractivity contribution in [1.29, 1.82) is 0 Å². The van der Waals surface area contributed by atoms with Gasteiger partial charge in [-0.3, -0.25) is 4.90 Å². The predicted molar refractivity (Wildman–Crippen MR) is 83.9 cm³/mol. The highest BCUT2D eigenvalue weighted by molar-refractivity contribution is 5.25. The second kappa shape index (κ2) is 7.87. The molecular formula is C17H27FN2O. The molecule has 1 heterocycles. The Morgan fingerprint density at radius 3 is 2.90 bits per heavy atom. The van der Waals surface area contributed by atoms with Gasteiger partial charge in [-0.1, -0.05) is 18.6 Å². The smallest absolute Gasteiger partial charge is 0.126 e. The summed E-state index contributed by atoms with van der Waals surface area (Å²) in [5.41, 5.74) is 1.68. The van der Waals surface area contributed by atoms with Gasteiger partial charge in [0.15, 0.2) is 0 Å². The fourth-order valence-electron chi connectivity index (χ4n) is 3.16. The lowest BCUT2D eigenvalue weighted by molar-refractivity contribution is 0.0867. The van der Waals surface area contributed by atoms with Gasteiger partial charge in [0.2, 0.25) is 0 Å². The maximum atomic E-state index is 13.7. The summed E-state index contributed by atoms with van der Waals surface area (Å²) >= 11 is 0. The molecule has 2 rings (SSSR count). The van der Waals surface area contributed by atoms with E-state index in [-0.39, 0.29) is 18.5 Å². The number of likely N-dealkylation sites (tertiary alicyclic amines) is 1. The van der Waals surface area contributed by atoms with Gasteiger partial charge in [-0.2, -0.15) is 0 Å². The van der Waals surface area contributed by atoms with E-state index in [1.165, 1.54) is 12.8 Å². The first kappa shape index (κ1) is 16.4. The predicted octanol–water partition coefficient (Wildman–Crippen LogP) is 2.63. The maximum Gasteiger partial charge on any atom is 0.126 e. The normalized spacial score (nSPS) is 21.4. The van der Waals surface area contributed by atoms with E-state index in [0.717, 1.165) is 31.5 Å². The Morgan fingerprint density at radius 1 is 1.43 bits per heavy atom. The molecule has 1 saturated heterocycles. The van der Waals surface area contributed by atoms with Gasteiger partial charge in [-0.05, 0) is 57.0 Å². The zero-order valence-electron chi connectivity index (χ0n) is 13.1. The van der Waals surface area contributed by atoms with Crippen LogP contribution in [0.15, 0.2) is 18.2 Å². The number of nitrogens with one attached hydrogen (secondary N) is 1. The van der Waals surface area contributed by atoms with Crippen molar-refractivity contribution in [2.45, 2.75) is 44.7 Å². The maximum absolute atomic E-state index is 13.7. The van der Waals surface area contributed by atoms with Crippen LogP contribution in [0.1, 0.15) is 42.9 Å². The quantitative estimate of drug-likeness (QED) is 0.846. The van der Waals surface area contributed by atoms with E-state index in [1.54, 1.807) is 13.0 Å². The van der Waals surface area contributed by atoms with Gasteiger partial charge in [-0.15, -0.1) is 0 Å². The van der Waals surface area contributed by atoms with Crippen LogP contribution >= 0.6 is 0 Å². The first-order chi connectivity index (χ1) is 10.2. The molecule has 0 aromatic heterocycles. The minimum Gasteiger partial charge on any atom is -0.395 e. The van der Waals surface area contributed by atoms with Crippen LogP contribution in [0.2, 0.25) is 0 Å². The second-order valence-electron chi connectivity index (χ2n) is 6.01. The van der Waals surface area contributed by atoms with Gasteiger partial charge in [0.25, 0.3) is 0 Å². The van der Waals surface area contributed by atoms with Crippen molar-refractivity contribution in [2.75, 3.05) is 26.7 Å². The topological polar surface area (TPSA) is 35.5 Å². The van der Waals surface area contributed by atoms with Gasteiger partial charge in [0, 0.05) is 18.6 Å². The van der Waals surface area contributed by atoms with Crippen LogP contribution in [0.3, 0.4) is 0 Å². The number of benzene rings is 1. The van der Waals surface area contributed by atoms with Crippen LogP contribution in [0.25, 0.3) is 0 Å². The summed E-state index contributed by atoms with van der Waals surface area (Å²) in [6.07, 6.45) is 4.43. The highest BCUT2D eigenvalue weighted by atomic mass is 19.1. The fraction of sp³-hybridized carbons (Fsp3) is 0.647. The van der Waals surface area contributed by atoms with Crippen molar-refractivity contribution >= 4 is 0 Å². The summed E-state index contributed by atoms with van der Waals surface area (Å²) in [5, 5.41) is 12.7. The van der Waals surface area contributed by atoms with Crippen molar-refractivity contribution < 1.29 is 9.50 Å². The summed E-state index contributed by atoms with van der Waals surface area (Å²) in [5.74, 6) is -0.140. The first-order valence-corrected chi connectivity index (χ1v) is 7.94. The van der Waals surface area contributed by atoms with E-state index >= 15 is 0 Å². The van der Waals surface area contributed by atoms with Crippen LogP contribution in [0.4, 0.5) is 4.39 Å². The van der Waals surface area contributed by atoms with Crippen LogP contribution in [0, 0.1) is 12.7 Å². The standard InChI is InChI=1S/C17H27FN2O/c1-13-6-7-14(11-16(13)18)17(19-2)8-10-20-9-4-3-5-15(20)12-21/h6-7,11,15,17,19,21H,3-5,8-10,12H2,1-2H3. The Kier molecular flexibility index (Phi) is 6.15. The molecule has 0 radical (unpaired) electrons. The number of halogens is 1. The van der Waals surface area contributed by atoms with Crippen molar-refractivity contribution in [3.63, 3.8) is 0 Å². The molecule has 0 spiro atoms. The third-order valence-electron chi connectivity index (χ3n) is 4.61. The molecule has 0 saturated carbocycles. The first-order valence-electron chi connectivity index (χ1n) is 7.94. The van der Waals surface area contributed by atoms with Crippen molar-refractivity contribution in [1.82, 2.24) is 10.2 Å². The van der Waals surface area contributed by atoms with Crippen LogP contribution < -0.4 is 5.32 Å². The Hall–Kier alpha value is -0.970. The Morgan fingerprint density at radius 2 is 2.24 bits per heavy atom. The number of piperidine rings is 1. The lowest BCUT2D eigenvalue weighted by Gasteiger charge is -2.35. The Balaban J connectivity index is 1.96. The lowest BCUT2D eigenvalue weighted by atomic mass is 9.99. The Bertz CT molecular complexity index is 452. The van der Waals surface area contributed by atoms with Gasteiger partial charge in [0.05, 0.1) is 6.61 Å². The third kappa shape index (κ3) is 4.25. The number of aliphatic hydroxyl groups is 1. The SMILES string of the molecule is CNC(CCN1CCCCC1CO)c1ccc(C)c(F)c1. The van der Waals surface area contributed by atoms with Gasteiger partial charge in [0.1, 0.15) is 5.82 Å². The molecule has 1 fully saturated rings. The number of nitrogens with zero attached hydrogens (tertiary/aromatic N) is 1. The molecule has 1 aromatic carbocycles. The molecule has 2 N–H and O–H groups in total. The largest absolute Gasteiger partial charge is 0.395 e. The Labute approximate surface area is 127 Å². The number of hydrogen-bond acceptors (Lipinski definition) is 3. The monoisotopic (exact) mass is 294 g/mol. The molecule has 1 aliphatic heterocycles. The van der Waals surface area contributed by atoms with Crippen molar-refractivity contribution in [3.05, 3.63) is 35.1 Å². The van der Waals surface area contributed by atoms with Crippen molar-refractivity contribution in [3.8, 4) is 0 Å². The molecule has 1 aliphatic rings. The molecule has 1 aromatic rings. The molecule has 2 unspecified atom stereocenters. The molecule has 0 amide bonds. The summed E-state index contributed by atoms with van der Waals surface area (Å²) < 4.78 is 13.7. The summed E-state index contributed by atoms with van der Waals surface area (Å²) in [6.45, 7) is 4.02. The van der Waals surface area contributed by atoms with E-state index in [4.69, 9.17) is 0 Å². The van der Waals surface area contributed by atoms with Crippen molar-refractivity contribution in [2.24, 2.45) is 0 Å². The average Bonchev–Trinajstić information content (AvgIpc) is 2.51. The van der Waals surface area contributed by atoms with E-state index < -0.39 is 0 Å². The van der Waals surface area contributed by atoms with E-state index in [1.807, 2.05) is 19.2 Å². The van der Waals surface area contributed by atoms with Crippen LogP contribution in [-0.2, 0) is 0 Å². The summed E-state index contributed by atoms with van der Waals surface area (Å²) in [4.78, 5) is 2.37. The molecule has 3 nitrogen and oxygen atoms in total. The lowest BCUT2D eigenvalue weighted by Crippen LogP contribution is -2.43. The zero-order chi connectivity index (χ0) is 15.2. The van der Waals surface area contributed by atoms with E-state index in [9.17, 15) is 9.50 Å². The molecule has 118 valence electrons. The minimum absolute atomic E-state index is 0.140. The molecule has 4 heteroatoms. The molecule has 0 aliphatic carbocycles. The molecular weight excluding hydrogens is 267 g/mol. The van der Waals surface area contributed by atoms with Crippen LogP contribution in [-0.4, -0.2) is 42.8 Å². The summed E-state index contributed by atoms with van der Waals surface area (Å²) in [6, 6.07) is 5.93. The second-order valence-corrected chi connectivity index (χ2v) is 6.01. The number of rotatable bonds is 6. The van der Waals surface area contributed by atoms with E-state index in [2.05, 4.69) is 10.2 Å². The highest BCUT2D eigenvalue weighted by Crippen LogP contribution is 2.22. The van der Waals surface area contributed by atoms with Gasteiger partial charge in [-0.25, -0.2) is 4.39 Å². The van der Waals surface area contributed by atoms with Gasteiger partial charge >= 0.3 is 0 Å². The number of hydrogen-bond donors (Lipinski definition) is 2. The fourth-order valence-corrected chi connectivity index (χ4v) is 3.16. The van der Waals surface area contributed by atoms with Crippen LogP contribution in [0.5, 0.6) is 0 Å². The van der Waals surface area contributed by atoms with E-state index in [0.29, 0.717) is 11.6 Å². The summed E-state index contributed by atoms with van der Waals surface area (Å²) in [7, 11) is 1.92.